The standard InChI is InChI=1S/C16H21F3N4O3/c17-16(18,19)11-7-13-15(21-8-11)23-4-3-22(9-12(23)10-26-13)14(24)1-5-25-6-2-20/h7-8,12H,1-6,9-10,20H2. The van der Waals surface area contributed by atoms with Gasteiger partial charge in [-0.1, -0.05) is 0 Å². The minimum absolute atomic E-state index is 0.0205. The molecule has 1 fully saturated rings. The molecule has 2 aliphatic rings. The topological polar surface area (TPSA) is 80.9 Å². The molecule has 26 heavy (non-hydrogen) atoms. The van der Waals surface area contributed by atoms with E-state index in [0.29, 0.717) is 45.2 Å². The Morgan fingerprint density at radius 3 is 2.92 bits per heavy atom. The van der Waals surface area contributed by atoms with Crippen LogP contribution in [0.3, 0.4) is 0 Å². The molecule has 1 amide bonds. The van der Waals surface area contributed by atoms with Gasteiger partial charge in [0.15, 0.2) is 11.6 Å². The first kappa shape index (κ1) is 18.7. The SMILES string of the molecule is NCCOCCC(=O)N1CCN2c3ncc(C(F)(F)F)cc3OCC2C1. The highest BCUT2D eigenvalue weighted by Crippen LogP contribution is 2.38. The smallest absolute Gasteiger partial charge is 0.418 e. The average molecular weight is 374 g/mol. The molecule has 0 radical (unpaired) electrons. The highest BCUT2D eigenvalue weighted by Gasteiger charge is 2.38. The number of alkyl halides is 3. The molecule has 1 aromatic rings. The van der Waals surface area contributed by atoms with Crippen LogP contribution in [0.25, 0.3) is 0 Å². The molecule has 144 valence electrons. The Morgan fingerprint density at radius 1 is 1.38 bits per heavy atom. The summed E-state index contributed by atoms with van der Waals surface area (Å²) >= 11 is 0. The van der Waals surface area contributed by atoms with Gasteiger partial charge in [0.1, 0.15) is 6.61 Å². The van der Waals surface area contributed by atoms with Crippen molar-refractivity contribution < 1.29 is 27.4 Å². The van der Waals surface area contributed by atoms with E-state index in [1.54, 1.807) is 4.90 Å². The Morgan fingerprint density at radius 2 is 2.19 bits per heavy atom. The Labute approximate surface area is 148 Å². The second-order valence-corrected chi connectivity index (χ2v) is 6.19. The summed E-state index contributed by atoms with van der Waals surface area (Å²) in [6, 6.07) is 0.847. The Kier molecular flexibility index (Phi) is 5.52. The van der Waals surface area contributed by atoms with Gasteiger partial charge in [-0.15, -0.1) is 0 Å². The molecule has 3 heterocycles. The third-order valence-electron chi connectivity index (χ3n) is 4.42. The number of hydrogen-bond donors (Lipinski definition) is 1. The summed E-state index contributed by atoms with van der Waals surface area (Å²) < 4.78 is 49.1. The Bertz CT molecular complexity index is 656. The number of pyridine rings is 1. The molecule has 1 aromatic heterocycles. The van der Waals surface area contributed by atoms with Gasteiger partial charge in [-0.2, -0.15) is 13.2 Å². The summed E-state index contributed by atoms with van der Waals surface area (Å²) in [4.78, 5) is 19.8. The maximum Gasteiger partial charge on any atom is 0.418 e. The van der Waals surface area contributed by atoms with E-state index < -0.39 is 11.7 Å². The lowest BCUT2D eigenvalue weighted by atomic mass is 10.1. The van der Waals surface area contributed by atoms with Gasteiger partial charge in [0.05, 0.1) is 31.2 Å². The normalized spacial score (nSPS) is 19.6. The average Bonchev–Trinajstić information content (AvgIpc) is 2.63. The van der Waals surface area contributed by atoms with E-state index in [9.17, 15) is 18.0 Å². The second-order valence-electron chi connectivity index (χ2n) is 6.19. The van der Waals surface area contributed by atoms with E-state index >= 15 is 0 Å². The van der Waals surface area contributed by atoms with E-state index in [1.165, 1.54) is 0 Å². The van der Waals surface area contributed by atoms with E-state index in [0.717, 1.165) is 12.3 Å². The molecule has 1 atom stereocenters. The fourth-order valence-electron chi connectivity index (χ4n) is 3.11. The number of nitrogens with two attached hydrogens (primary N) is 1. The van der Waals surface area contributed by atoms with Crippen molar-refractivity contribution in [2.45, 2.75) is 18.6 Å². The van der Waals surface area contributed by atoms with E-state index in [1.807, 2.05) is 4.90 Å². The number of carbonyl (C=O) groups is 1. The van der Waals surface area contributed by atoms with Gasteiger partial charge in [0, 0.05) is 32.4 Å². The molecule has 0 spiro atoms. The van der Waals surface area contributed by atoms with Crippen LogP contribution >= 0.6 is 0 Å². The lowest BCUT2D eigenvalue weighted by Crippen LogP contribution is -2.58. The van der Waals surface area contributed by atoms with E-state index in [2.05, 4.69) is 4.98 Å². The third kappa shape index (κ3) is 4.01. The number of halogens is 3. The maximum absolute atomic E-state index is 12.8. The molecule has 0 aliphatic carbocycles. The quantitative estimate of drug-likeness (QED) is 0.771. The number of anilines is 1. The molecule has 1 unspecified atom stereocenters. The highest BCUT2D eigenvalue weighted by molar-refractivity contribution is 5.77. The predicted octanol–water partition coefficient (Wildman–Crippen LogP) is 0.875. The summed E-state index contributed by atoms with van der Waals surface area (Å²) in [5.41, 5.74) is 4.49. The maximum atomic E-state index is 12.8. The number of aromatic nitrogens is 1. The van der Waals surface area contributed by atoms with E-state index in [-0.39, 0.29) is 30.7 Å². The molecule has 2 N–H and O–H groups in total. The largest absolute Gasteiger partial charge is 0.487 e. The van der Waals surface area contributed by atoms with E-state index in [4.69, 9.17) is 15.2 Å². The number of hydrogen-bond acceptors (Lipinski definition) is 6. The van der Waals surface area contributed by atoms with Gasteiger partial charge in [-0.05, 0) is 6.07 Å². The van der Waals surface area contributed by atoms with Gasteiger partial charge >= 0.3 is 6.18 Å². The van der Waals surface area contributed by atoms with Gasteiger partial charge in [0.2, 0.25) is 5.91 Å². The zero-order valence-corrected chi connectivity index (χ0v) is 14.2. The number of fused-ring (bicyclic) bond motifs is 3. The zero-order valence-electron chi connectivity index (χ0n) is 14.2. The number of amides is 1. The van der Waals surface area contributed by atoms with Gasteiger partial charge in [-0.3, -0.25) is 4.79 Å². The van der Waals surface area contributed by atoms with Gasteiger partial charge in [0.25, 0.3) is 0 Å². The van der Waals surface area contributed by atoms with Crippen molar-refractivity contribution in [2.75, 3.05) is 50.9 Å². The lowest BCUT2D eigenvalue weighted by Gasteiger charge is -2.44. The third-order valence-corrected chi connectivity index (χ3v) is 4.42. The van der Waals surface area contributed by atoms with Crippen molar-refractivity contribution in [3.05, 3.63) is 17.8 Å². The van der Waals surface area contributed by atoms with Crippen LogP contribution in [-0.4, -0.2) is 67.8 Å². The second kappa shape index (κ2) is 7.67. The molecule has 0 bridgehead atoms. The number of nitrogens with zero attached hydrogens (tertiary/aromatic N) is 3. The van der Waals surface area contributed by atoms with Crippen molar-refractivity contribution >= 4 is 11.7 Å². The molecular formula is C16H21F3N4O3. The summed E-state index contributed by atoms with van der Waals surface area (Å²) in [7, 11) is 0. The Hall–Kier alpha value is -2.07. The molecule has 7 nitrogen and oxygen atoms in total. The first-order valence-corrected chi connectivity index (χ1v) is 8.42. The van der Waals surface area contributed by atoms with Crippen molar-refractivity contribution in [1.82, 2.24) is 9.88 Å². The minimum atomic E-state index is -4.46. The fourth-order valence-corrected chi connectivity index (χ4v) is 3.11. The number of rotatable bonds is 5. The van der Waals surface area contributed by atoms with Crippen LogP contribution < -0.4 is 15.4 Å². The van der Waals surface area contributed by atoms with Gasteiger partial charge < -0.3 is 25.0 Å². The molecule has 2 aliphatic heterocycles. The van der Waals surface area contributed by atoms with Crippen LogP contribution in [0.4, 0.5) is 19.0 Å². The zero-order chi connectivity index (χ0) is 18.7. The summed E-state index contributed by atoms with van der Waals surface area (Å²) in [5, 5.41) is 0. The first-order valence-electron chi connectivity index (χ1n) is 8.42. The minimum Gasteiger partial charge on any atom is -0.487 e. The molecular weight excluding hydrogens is 353 g/mol. The molecule has 0 aromatic carbocycles. The van der Waals surface area contributed by atoms with Crippen molar-refractivity contribution in [1.29, 1.82) is 0 Å². The van der Waals surface area contributed by atoms with Crippen molar-refractivity contribution in [3.63, 3.8) is 0 Å². The predicted molar refractivity (Wildman–Crippen MR) is 86.9 cm³/mol. The first-order chi connectivity index (χ1) is 12.4. The number of carbonyl (C=O) groups excluding carboxylic acids is 1. The number of ether oxygens (including phenoxy) is 2. The summed E-state index contributed by atoms with van der Waals surface area (Å²) in [6.07, 6.45) is -3.37. The van der Waals surface area contributed by atoms with Crippen LogP contribution in [0.5, 0.6) is 5.75 Å². The molecule has 1 saturated heterocycles. The molecule has 0 saturated carbocycles. The Balaban J connectivity index is 1.62. The fraction of sp³-hybridized carbons (Fsp3) is 0.625. The van der Waals surface area contributed by atoms with Gasteiger partial charge in [-0.25, -0.2) is 4.98 Å². The van der Waals surface area contributed by atoms with Crippen LogP contribution in [0.2, 0.25) is 0 Å². The lowest BCUT2D eigenvalue weighted by molar-refractivity contribution is -0.138. The molecule has 3 rings (SSSR count). The van der Waals surface area contributed by atoms with Crippen LogP contribution in [0.15, 0.2) is 12.3 Å². The summed E-state index contributed by atoms with van der Waals surface area (Å²) in [6.45, 7) is 2.78. The van der Waals surface area contributed by atoms with Crippen molar-refractivity contribution in [2.24, 2.45) is 5.73 Å². The van der Waals surface area contributed by atoms with Crippen LogP contribution in [-0.2, 0) is 15.7 Å². The van der Waals surface area contributed by atoms with Crippen LogP contribution in [0.1, 0.15) is 12.0 Å². The van der Waals surface area contributed by atoms with Crippen LogP contribution in [0, 0.1) is 0 Å². The number of piperazine rings is 1. The van der Waals surface area contributed by atoms with Crippen molar-refractivity contribution in [3.8, 4) is 5.75 Å². The monoisotopic (exact) mass is 374 g/mol. The highest BCUT2D eigenvalue weighted by atomic mass is 19.4. The molecule has 10 heteroatoms. The summed E-state index contributed by atoms with van der Waals surface area (Å²) in [5.74, 6) is 0.506.